The number of thiophene rings is 1. The molecule has 1 saturated heterocycles. The molecule has 0 saturated carbocycles. The number of Topliss-reactive ketones (excluding diaryl/α,β-unsaturated/α-hetero) is 1. The minimum absolute atomic E-state index is 0.0344. The summed E-state index contributed by atoms with van der Waals surface area (Å²) < 4.78 is 42.1. The zero-order chi connectivity index (χ0) is 24.0. The van der Waals surface area contributed by atoms with E-state index in [1.165, 1.54) is 23.5 Å². The number of ether oxygens (including phenoxy) is 1. The normalized spacial score (nSPS) is 21.9. The second kappa shape index (κ2) is 8.81. The van der Waals surface area contributed by atoms with Gasteiger partial charge in [0.2, 0.25) is 0 Å². The van der Waals surface area contributed by atoms with Crippen LogP contribution >= 0.6 is 23.1 Å². The largest absolute Gasteiger partial charge is 0.573 e. The van der Waals surface area contributed by atoms with E-state index < -0.39 is 6.36 Å². The first kappa shape index (κ1) is 23.0. The van der Waals surface area contributed by atoms with E-state index in [2.05, 4.69) is 15.3 Å². The number of alkyl halides is 3. The Balaban J connectivity index is 1.20. The highest BCUT2D eigenvalue weighted by Gasteiger charge is 2.43. The second-order valence-corrected chi connectivity index (χ2v) is 10.6. The molecule has 4 heterocycles. The third-order valence-electron chi connectivity index (χ3n) is 6.10. The fourth-order valence-electron chi connectivity index (χ4n) is 4.38. The van der Waals surface area contributed by atoms with E-state index in [1.807, 2.05) is 11.0 Å². The molecule has 180 valence electrons. The number of rotatable bonds is 4. The number of ketones is 1. The van der Waals surface area contributed by atoms with Crippen LogP contribution in [0.3, 0.4) is 0 Å². The number of thioether (sulfide) groups is 1. The van der Waals surface area contributed by atoms with E-state index in [1.54, 1.807) is 35.7 Å². The van der Waals surface area contributed by atoms with Gasteiger partial charge in [0.05, 0.1) is 15.1 Å². The number of hydrazone groups is 1. The average molecular weight is 511 g/mol. The molecule has 0 spiro atoms. The van der Waals surface area contributed by atoms with E-state index in [9.17, 15) is 22.8 Å². The van der Waals surface area contributed by atoms with Crippen molar-refractivity contribution in [1.82, 2.24) is 10.3 Å². The topological polar surface area (TPSA) is 74.2 Å². The number of carbonyl (C=O) groups is 2. The van der Waals surface area contributed by atoms with Crippen molar-refractivity contribution >= 4 is 46.2 Å². The minimum atomic E-state index is -4.72. The summed E-state index contributed by atoms with van der Waals surface area (Å²) >= 11 is 3.15. The van der Waals surface area contributed by atoms with Crippen LogP contribution in [-0.2, 0) is 4.79 Å². The number of amides is 1. The zero-order valence-electron chi connectivity index (χ0n) is 18.1. The molecule has 0 aliphatic carbocycles. The maximum absolute atomic E-state index is 13.3. The van der Waals surface area contributed by atoms with Gasteiger partial charge < -0.3 is 20.0 Å². The number of hydrogen-bond donors (Lipinski definition) is 1. The number of piperazine rings is 1. The minimum Gasteiger partial charge on any atom is -0.406 e. The van der Waals surface area contributed by atoms with Crippen LogP contribution in [-0.4, -0.2) is 60.6 Å². The zero-order valence-corrected chi connectivity index (χ0v) is 19.7. The number of nitrogens with zero attached hydrogens (tertiary/aromatic N) is 3. The molecule has 12 heteroatoms. The van der Waals surface area contributed by atoms with Crippen molar-refractivity contribution < 1.29 is 27.5 Å². The maximum Gasteiger partial charge on any atom is 0.573 e. The summed E-state index contributed by atoms with van der Waals surface area (Å²) in [7, 11) is 0. The molecular formula is C22H21F3N4O3S2. The summed E-state index contributed by atoms with van der Waals surface area (Å²) in [6.45, 7) is 3.65. The molecule has 1 aromatic carbocycles. The van der Waals surface area contributed by atoms with Gasteiger partial charge in [0.15, 0.2) is 5.78 Å². The first-order valence-corrected chi connectivity index (χ1v) is 12.5. The van der Waals surface area contributed by atoms with Gasteiger partial charge in [-0.2, -0.15) is 5.10 Å². The van der Waals surface area contributed by atoms with Gasteiger partial charge in [-0.1, -0.05) is 0 Å². The van der Waals surface area contributed by atoms with Crippen molar-refractivity contribution in [2.75, 3.05) is 36.8 Å². The Morgan fingerprint density at radius 1 is 1.15 bits per heavy atom. The first-order chi connectivity index (χ1) is 16.2. The van der Waals surface area contributed by atoms with Gasteiger partial charge in [-0.3, -0.25) is 9.59 Å². The quantitative estimate of drug-likeness (QED) is 0.629. The van der Waals surface area contributed by atoms with Crippen LogP contribution in [0.2, 0.25) is 0 Å². The molecule has 0 bridgehead atoms. The Bertz CT molecular complexity index is 1140. The van der Waals surface area contributed by atoms with E-state index >= 15 is 0 Å². The second-order valence-electron chi connectivity index (χ2n) is 8.25. The number of hydrogen-bond acceptors (Lipinski definition) is 8. The maximum atomic E-state index is 13.3. The molecule has 1 amide bonds. The summed E-state index contributed by atoms with van der Waals surface area (Å²) in [6, 6.07) is 7.55. The lowest BCUT2D eigenvalue weighted by atomic mass is 9.92. The van der Waals surface area contributed by atoms with Crippen LogP contribution in [0.5, 0.6) is 5.75 Å². The highest BCUT2D eigenvalue weighted by molar-refractivity contribution is 8.01. The lowest BCUT2D eigenvalue weighted by Gasteiger charge is -2.36. The molecule has 5 rings (SSSR count). The molecule has 0 radical (unpaired) electrons. The van der Waals surface area contributed by atoms with Crippen molar-refractivity contribution in [3.8, 4) is 5.75 Å². The number of anilines is 1. The molecule has 2 unspecified atom stereocenters. The first-order valence-electron chi connectivity index (χ1n) is 10.7. The van der Waals surface area contributed by atoms with Crippen LogP contribution in [0.4, 0.5) is 18.9 Å². The van der Waals surface area contributed by atoms with E-state index in [-0.39, 0.29) is 29.4 Å². The highest BCUT2D eigenvalue weighted by Crippen LogP contribution is 2.46. The van der Waals surface area contributed by atoms with Crippen molar-refractivity contribution in [2.24, 2.45) is 11.0 Å². The molecule has 7 nitrogen and oxygen atoms in total. The summed E-state index contributed by atoms with van der Waals surface area (Å²) in [5.41, 5.74) is 5.44. The summed E-state index contributed by atoms with van der Waals surface area (Å²) in [6.07, 6.45) is -4.72. The van der Waals surface area contributed by atoms with E-state index in [0.29, 0.717) is 36.8 Å². The fraction of sp³-hybridized carbons (Fsp3) is 0.409. The van der Waals surface area contributed by atoms with Gasteiger partial charge in [-0.15, -0.1) is 36.3 Å². The Labute approximate surface area is 201 Å². The highest BCUT2D eigenvalue weighted by atomic mass is 32.2. The Morgan fingerprint density at radius 3 is 2.50 bits per heavy atom. The molecule has 1 aromatic heterocycles. The average Bonchev–Trinajstić information content (AvgIpc) is 3.42. The fourth-order valence-corrected chi connectivity index (χ4v) is 6.96. The summed E-state index contributed by atoms with van der Waals surface area (Å²) in [5, 5.41) is 4.39. The third kappa shape index (κ3) is 4.48. The smallest absolute Gasteiger partial charge is 0.406 e. The summed E-state index contributed by atoms with van der Waals surface area (Å²) in [4.78, 5) is 29.5. The standard InChI is InChI=1S/C22H21F3N4O3S2/c1-12(30)17-10-15-18-16(11-33-21(15)34-17)19(27-26-18)20(31)29-8-6-28(7-9-29)13-2-4-14(5-3-13)32-22(23,24)25/h2-5,10,16,18,26H,6-9,11H2,1H3. The molecule has 2 aromatic rings. The number of halogens is 3. The van der Waals surface area contributed by atoms with Gasteiger partial charge in [0, 0.05) is 49.1 Å². The van der Waals surface area contributed by atoms with Crippen molar-refractivity contribution in [3.63, 3.8) is 0 Å². The van der Waals surface area contributed by atoms with Crippen molar-refractivity contribution in [3.05, 3.63) is 40.8 Å². The van der Waals surface area contributed by atoms with Gasteiger partial charge in [0.25, 0.3) is 5.91 Å². The lowest BCUT2D eigenvalue weighted by molar-refractivity contribution is -0.274. The third-order valence-corrected chi connectivity index (χ3v) is 8.77. The van der Waals surface area contributed by atoms with Crippen LogP contribution in [0, 0.1) is 5.92 Å². The predicted octanol–water partition coefficient (Wildman–Crippen LogP) is 3.92. The molecule has 34 heavy (non-hydrogen) atoms. The van der Waals surface area contributed by atoms with Gasteiger partial charge in [-0.05, 0) is 37.3 Å². The molecule has 1 N–H and O–H groups in total. The number of fused-ring (bicyclic) bond motifs is 3. The van der Waals surface area contributed by atoms with Gasteiger partial charge in [-0.25, -0.2) is 0 Å². The number of nitrogens with one attached hydrogen (secondary N) is 1. The Kier molecular flexibility index (Phi) is 5.96. The Hall–Kier alpha value is -2.73. The van der Waals surface area contributed by atoms with Crippen LogP contribution in [0.15, 0.2) is 39.6 Å². The molecule has 3 aliphatic rings. The van der Waals surface area contributed by atoms with E-state index in [0.717, 1.165) is 21.2 Å². The molecule has 1 fully saturated rings. The van der Waals surface area contributed by atoms with Crippen LogP contribution in [0.25, 0.3) is 0 Å². The van der Waals surface area contributed by atoms with Crippen molar-refractivity contribution in [2.45, 2.75) is 23.5 Å². The number of benzene rings is 1. The SMILES string of the molecule is CC(=O)c1cc2c(s1)SCC1C(C(=O)N3CCN(c4ccc(OC(F)(F)F)cc4)CC3)=NNC21. The van der Waals surface area contributed by atoms with Gasteiger partial charge >= 0.3 is 6.36 Å². The van der Waals surface area contributed by atoms with Crippen molar-refractivity contribution in [1.29, 1.82) is 0 Å². The number of carbonyl (C=O) groups excluding carboxylic acids is 2. The Morgan fingerprint density at radius 2 is 1.85 bits per heavy atom. The molecular weight excluding hydrogens is 489 g/mol. The van der Waals surface area contributed by atoms with Gasteiger partial charge in [0.1, 0.15) is 11.5 Å². The molecule has 2 atom stereocenters. The summed E-state index contributed by atoms with van der Waals surface area (Å²) in [5.74, 6) is 0.339. The predicted molar refractivity (Wildman–Crippen MR) is 124 cm³/mol. The monoisotopic (exact) mass is 510 g/mol. The van der Waals surface area contributed by atoms with E-state index in [4.69, 9.17) is 0 Å². The van der Waals surface area contributed by atoms with Crippen LogP contribution < -0.4 is 15.1 Å². The lowest BCUT2D eigenvalue weighted by Crippen LogP contribution is -2.51. The molecule has 3 aliphatic heterocycles. The van der Waals surface area contributed by atoms with Crippen LogP contribution in [0.1, 0.15) is 28.2 Å².